The second kappa shape index (κ2) is 9.09. The summed E-state index contributed by atoms with van der Waals surface area (Å²) in [6, 6.07) is 4.37. The third kappa shape index (κ3) is 5.03. The van der Waals surface area contributed by atoms with Gasteiger partial charge in [0.2, 0.25) is 0 Å². The van der Waals surface area contributed by atoms with Crippen molar-refractivity contribution in [3.8, 4) is 0 Å². The standard InChI is InChI=1S/C12H15F2N3O2.2ClH/c13-12(14)11(16-7-5-15-6-8-16)9-1-3-10(4-2-9)17(18)19;;/h1-4,11-12,15H,5-8H2;2*1H/t11-;;/m1../s1. The maximum Gasteiger partial charge on any atom is 0.269 e. The monoisotopic (exact) mass is 343 g/mol. The van der Waals surface area contributed by atoms with Crippen LogP contribution in [0.25, 0.3) is 0 Å². The normalized spacial score (nSPS) is 16.7. The fourth-order valence-corrected chi connectivity index (χ4v) is 2.27. The third-order valence-electron chi connectivity index (χ3n) is 3.23. The highest BCUT2D eigenvalue weighted by Crippen LogP contribution is 2.29. The molecule has 0 saturated carbocycles. The molecule has 1 saturated heterocycles. The number of hydrogen-bond acceptors (Lipinski definition) is 4. The number of piperazine rings is 1. The van der Waals surface area contributed by atoms with E-state index in [2.05, 4.69) is 5.32 Å². The molecule has 21 heavy (non-hydrogen) atoms. The highest BCUT2D eigenvalue weighted by atomic mass is 35.5. The number of benzene rings is 1. The molecule has 1 aliphatic rings. The van der Waals surface area contributed by atoms with Crippen LogP contribution in [0.5, 0.6) is 0 Å². The topological polar surface area (TPSA) is 58.4 Å². The molecule has 1 fully saturated rings. The second-order valence-electron chi connectivity index (χ2n) is 4.41. The zero-order chi connectivity index (χ0) is 13.8. The molecule has 1 aromatic rings. The summed E-state index contributed by atoms with van der Waals surface area (Å²) in [6.07, 6.45) is -2.51. The van der Waals surface area contributed by atoms with Crippen molar-refractivity contribution in [1.29, 1.82) is 0 Å². The van der Waals surface area contributed by atoms with Crippen LogP contribution in [0.3, 0.4) is 0 Å². The van der Waals surface area contributed by atoms with Gasteiger partial charge in [-0.2, -0.15) is 0 Å². The Labute approximate surface area is 133 Å². The predicted molar refractivity (Wildman–Crippen MR) is 80.8 cm³/mol. The molecule has 1 atom stereocenters. The van der Waals surface area contributed by atoms with Gasteiger partial charge in [-0.3, -0.25) is 15.0 Å². The van der Waals surface area contributed by atoms with Crippen LogP contribution in [0.4, 0.5) is 14.5 Å². The smallest absolute Gasteiger partial charge is 0.269 e. The summed E-state index contributed by atoms with van der Waals surface area (Å²) in [4.78, 5) is 11.7. The molecule has 1 aromatic carbocycles. The fraction of sp³-hybridized carbons (Fsp3) is 0.500. The van der Waals surface area contributed by atoms with Gasteiger partial charge in [-0.05, 0) is 5.56 Å². The van der Waals surface area contributed by atoms with E-state index in [0.29, 0.717) is 31.7 Å². The van der Waals surface area contributed by atoms with E-state index in [1.165, 1.54) is 24.3 Å². The van der Waals surface area contributed by atoms with E-state index in [1.54, 1.807) is 4.90 Å². The fourth-order valence-electron chi connectivity index (χ4n) is 2.27. The molecule has 0 aromatic heterocycles. The first kappa shape index (κ1) is 20.0. The maximum absolute atomic E-state index is 13.2. The minimum absolute atomic E-state index is 0. The Morgan fingerprint density at radius 1 is 1.14 bits per heavy atom. The molecule has 1 N–H and O–H groups in total. The Bertz CT molecular complexity index is 443. The van der Waals surface area contributed by atoms with E-state index in [1.807, 2.05) is 0 Å². The van der Waals surface area contributed by atoms with E-state index in [4.69, 9.17) is 0 Å². The van der Waals surface area contributed by atoms with Crippen molar-refractivity contribution in [2.45, 2.75) is 12.5 Å². The molecule has 0 bridgehead atoms. The molecule has 120 valence electrons. The molecule has 2 rings (SSSR count). The zero-order valence-electron chi connectivity index (χ0n) is 11.1. The number of alkyl halides is 2. The molecule has 5 nitrogen and oxygen atoms in total. The minimum atomic E-state index is -2.51. The Morgan fingerprint density at radius 3 is 2.10 bits per heavy atom. The van der Waals surface area contributed by atoms with Crippen molar-refractivity contribution < 1.29 is 13.7 Å². The van der Waals surface area contributed by atoms with Crippen LogP contribution in [-0.2, 0) is 0 Å². The first-order valence-corrected chi connectivity index (χ1v) is 6.07. The molecule has 9 heteroatoms. The van der Waals surface area contributed by atoms with Gasteiger partial charge in [-0.1, -0.05) is 12.1 Å². The molecule has 0 unspecified atom stereocenters. The first-order chi connectivity index (χ1) is 9.09. The highest BCUT2D eigenvalue weighted by molar-refractivity contribution is 5.85. The van der Waals surface area contributed by atoms with Crippen molar-refractivity contribution in [2.75, 3.05) is 26.2 Å². The quantitative estimate of drug-likeness (QED) is 0.674. The largest absolute Gasteiger partial charge is 0.314 e. The number of rotatable bonds is 4. The summed E-state index contributed by atoms with van der Waals surface area (Å²) in [6.45, 7) is 2.45. The van der Waals surface area contributed by atoms with Gasteiger partial charge in [0.25, 0.3) is 12.1 Å². The Balaban J connectivity index is 0.00000200. The molecule has 1 aliphatic heterocycles. The molecular formula is C12H17Cl2F2N3O2. The summed E-state index contributed by atoms with van der Waals surface area (Å²) in [7, 11) is 0. The number of nitro groups is 1. The highest BCUT2D eigenvalue weighted by Gasteiger charge is 2.30. The Morgan fingerprint density at radius 2 is 1.67 bits per heavy atom. The van der Waals surface area contributed by atoms with Gasteiger partial charge in [-0.15, -0.1) is 24.8 Å². The number of hydrogen-bond donors (Lipinski definition) is 1. The van der Waals surface area contributed by atoms with Gasteiger partial charge in [0, 0.05) is 38.3 Å². The summed E-state index contributed by atoms with van der Waals surface area (Å²) >= 11 is 0. The van der Waals surface area contributed by atoms with Crippen molar-refractivity contribution >= 4 is 30.5 Å². The van der Waals surface area contributed by atoms with E-state index < -0.39 is 17.4 Å². The summed E-state index contributed by atoms with van der Waals surface area (Å²) < 4.78 is 26.5. The van der Waals surface area contributed by atoms with Crippen LogP contribution in [0.2, 0.25) is 0 Å². The first-order valence-electron chi connectivity index (χ1n) is 6.07. The lowest BCUT2D eigenvalue weighted by Crippen LogP contribution is -2.46. The van der Waals surface area contributed by atoms with Gasteiger partial charge in [0.05, 0.1) is 11.0 Å². The Kier molecular flexibility index (Phi) is 8.65. The minimum Gasteiger partial charge on any atom is -0.314 e. The van der Waals surface area contributed by atoms with Crippen LogP contribution in [0.1, 0.15) is 11.6 Å². The van der Waals surface area contributed by atoms with Crippen LogP contribution in [-0.4, -0.2) is 42.4 Å². The van der Waals surface area contributed by atoms with Gasteiger partial charge in [-0.25, -0.2) is 8.78 Å². The average Bonchev–Trinajstić information content (AvgIpc) is 2.40. The van der Waals surface area contributed by atoms with E-state index in [-0.39, 0.29) is 30.5 Å². The maximum atomic E-state index is 13.2. The number of nitrogens with one attached hydrogen (secondary N) is 1. The Hall–Kier alpha value is -1.02. The van der Waals surface area contributed by atoms with E-state index in [0.717, 1.165) is 0 Å². The zero-order valence-corrected chi connectivity index (χ0v) is 12.7. The van der Waals surface area contributed by atoms with Crippen molar-refractivity contribution in [1.82, 2.24) is 10.2 Å². The number of nitrogens with zero attached hydrogens (tertiary/aromatic N) is 2. The van der Waals surface area contributed by atoms with E-state index >= 15 is 0 Å². The van der Waals surface area contributed by atoms with Gasteiger partial charge in [0.15, 0.2) is 0 Å². The summed E-state index contributed by atoms with van der Waals surface area (Å²) in [5, 5.41) is 13.7. The number of halogens is 4. The molecule has 0 spiro atoms. The van der Waals surface area contributed by atoms with Crippen molar-refractivity contribution in [3.63, 3.8) is 0 Å². The molecular weight excluding hydrogens is 327 g/mol. The van der Waals surface area contributed by atoms with Crippen LogP contribution in [0, 0.1) is 10.1 Å². The SMILES string of the molecule is Cl.Cl.O=[N+]([O-])c1ccc([C@H](C(F)F)N2CCNCC2)cc1. The summed E-state index contributed by atoms with van der Waals surface area (Å²) in [5.41, 5.74) is 0.333. The van der Waals surface area contributed by atoms with Gasteiger partial charge >= 0.3 is 0 Å². The lowest BCUT2D eigenvalue weighted by Gasteiger charge is -2.34. The van der Waals surface area contributed by atoms with E-state index in [9.17, 15) is 18.9 Å². The molecule has 0 amide bonds. The second-order valence-corrected chi connectivity index (χ2v) is 4.41. The third-order valence-corrected chi connectivity index (χ3v) is 3.23. The lowest BCUT2D eigenvalue weighted by atomic mass is 10.0. The molecule has 0 radical (unpaired) electrons. The average molecular weight is 344 g/mol. The van der Waals surface area contributed by atoms with Crippen LogP contribution < -0.4 is 5.32 Å². The summed E-state index contributed by atoms with van der Waals surface area (Å²) in [5.74, 6) is 0. The van der Waals surface area contributed by atoms with Crippen molar-refractivity contribution in [3.05, 3.63) is 39.9 Å². The molecule has 0 aliphatic carbocycles. The number of non-ortho nitro benzene ring substituents is 1. The van der Waals surface area contributed by atoms with Crippen LogP contribution >= 0.6 is 24.8 Å². The van der Waals surface area contributed by atoms with Crippen molar-refractivity contribution in [2.24, 2.45) is 0 Å². The van der Waals surface area contributed by atoms with Gasteiger partial charge in [0.1, 0.15) is 0 Å². The van der Waals surface area contributed by atoms with Crippen LogP contribution in [0.15, 0.2) is 24.3 Å². The number of nitro benzene ring substituents is 1. The van der Waals surface area contributed by atoms with Gasteiger partial charge < -0.3 is 5.32 Å². The lowest BCUT2D eigenvalue weighted by molar-refractivity contribution is -0.384. The predicted octanol–water partition coefficient (Wildman–Crippen LogP) is 2.65. The molecule has 1 heterocycles.